The Labute approximate surface area is 160 Å². The van der Waals surface area contributed by atoms with Gasteiger partial charge in [-0.3, -0.25) is 9.59 Å². The molecule has 6 nitrogen and oxygen atoms in total. The van der Waals surface area contributed by atoms with Gasteiger partial charge in [0, 0.05) is 30.5 Å². The van der Waals surface area contributed by atoms with Crippen molar-refractivity contribution in [2.45, 2.75) is 53.0 Å². The predicted octanol–water partition coefficient (Wildman–Crippen LogP) is 3.09. The zero-order chi connectivity index (χ0) is 19.6. The lowest BCUT2D eigenvalue weighted by Gasteiger charge is -2.22. The molecule has 0 fully saturated rings. The highest BCUT2D eigenvalue weighted by molar-refractivity contribution is 5.94. The molecule has 144 valence electrons. The van der Waals surface area contributed by atoms with E-state index in [1.807, 2.05) is 19.1 Å². The third-order valence-electron chi connectivity index (χ3n) is 5.33. The number of aromatic nitrogens is 2. The van der Waals surface area contributed by atoms with E-state index < -0.39 is 6.04 Å². The Morgan fingerprint density at radius 2 is 2.00 bits per heavy atom. The SMILES string of the molecule is CCN(CC)c1ccc(NC(=O)C(C)n2nc3c(cc2=O)CCC3)c(C)c1. The fourth-order valence-corrected chi connectivity index (χ4v) is 3.61. The zero-order valence-electron chi connectivity index (χ0n) is 16.6. The summed E-state index contributed by atoms with van der Waals surface area (Å²) in [5.41, 5.74) is 4.64. The van der Waals surface area contributed by atoms with E-state index in [2.05, 4.69) is 35.2 Å². The number of amides is 1. The van der Waals surface area contributed by atoms with Crippen LogP contribution in [0.15, 0.2) is 29.1 Å². The molecule has 1 atom stereocenters. The number of carbonyl (C=O) groups excluding carboxylic acids is 1. The monoisotopic (exact) mass is 368 g/mol. The third kappa shape index (κ3) is 3.89. The van der Waals surface area contributed by atoms with E-state index in [0.29, 0.717) is 0 Å². The Balaban J connectivity index is 1.78. The molecule has 1 aromatic heterocycles. The number of rotatable bonds is 6. The summed E-state index contributed by atoms with van der Waals surface area (Å²) in [4.78, 5) is 27.3. The first kappa shape index (κ1) is 19.1. The van der Waals surface area contributed by atoms with Crippen molar-refractivity contribution in [3.05, 3.63) is 51.4 Å². The number of hydrogen-bond donors (Lipinski definition) is 1. The molecule has 1 unspecified atom stereocenters. The van der Waals surface area contributed by atoms with Gasteiger partial charge in [0.2, 0.25) is 5.91 Å². The van der Waals surface area contributed by atoms with Gasteiger partial charge >= 0.3 is 0 Å². The first-order valence-electron chi connectivity index (χ1n) is 9.72. The number of benzene rings is 1. The molecule has 1 heterocycles. The van der Waals surface area contributed by atoms with E-state index in [0.717, 1.165) is 60.5 Å². The van der Waals surface area contributed by atoms with Crippen LogP contribution in [-0.2, 0) is 17.6 Å². The largest absolute Gasteiger partial charge is 0.372 e. The second kappa shape index (κ2) is 7.94. The van der Waals surface area contributed by atoms with Crippen molar-refractivity contribution in [1.29, 1.82) is 0 Å². The lowest BCUT2D eigenvalue weighted by Crippen LogP contribution is -2.34. The maximum atomic E-state index is 12.7. The van der Waals surface area contributed by atoms with Crippen molar-refractivity contribution in [3.8, 4) is 0 Å². The van der Waals surface area contributed by atoms with Gasteiger partial charge in [-0.2, -0.15) is 5.10 Å². The number of aryl methyl sites for hydroxylation is 3. The van der Waals surface area contributed by atoms with Crippen LogP contribution in [0.1, 0.15) is 50.1 Å². The van der Waals surface area contributed by atoms with Crippen LogP contribution in [0.5, 0.6) is 0 Å². The molecule has 1 N–H and O–H groups in total. The second-order valence-corrected chi connectivity index (χ2v) is 7.09. The average molecular weight is 368 g/mol. The first-order chi connectivity index (χ1) is 12.9. The minimum atomic E-state index is -0.662. The zero-order valence-corrected chi connectivity index (χ0v) is 16.6. The van der Waals surface area contributed by atoms with Gasteiger partial charge in [-0.1, -0.05) is 0 Å². The molecule has 3 rings (SSSR count). The van der Waals surface area contributed by atoms with Crippen molar-refractivity contribution in [3.63, 3.8) is 0 Å². The molecular weight excluding hydrogens is 340 g/mol. The van der Waals surface area contributed by atoms with E-state index in [1.165, 1.54) is 4.68 Å². The standard InChI is InChI=1S/C21H28N4O2/c1-5-24(6-2)17-10-11-18(14(3)12-17)22-21(27)15(4)25-20(26)13-16-8-7-9-19(16)23-25/h10-13,15H,5-9H2,1-4H3,(H,22,27). The van der Waals surface area contributed by atoms with Crippen LogP contribution in [0.25, 0.3) is 0 Å². The minimum Gasteiger partial charge on any atom is -0.372 e. The van der Waals surface area contributed by atoms with Crippen LogP contribution in [0.3, 0.4) is 0 Å². The van der Waals surface area contributed by atoms with E-state index in [9.17, 15) is 9.59 Å². The van der Waals surface area contributed by atoms with Gasteiger partial charge in [-0.15, -0.1) is 0 Å². The molecule has 1 aromatic carbocycles. The summed E-state index contributed by atoms with van der Waals surface area (Å²) in [6.45, 7) is 9.81. The maximum absolute atomic E-state index is 12.7. The number of carbonyl (C=O) groups is 1. The second-order valence-electron chi connectivity index (χ2n) is 7.09. The molecular formula is C21H28N4O2. The Kier molecular flexibility index (Phi) is 5.63. The number of anilines is 2. The summed E-state index contributed by atoms with van der Waals surface area (Å²) in [6.07, 6.45) is 2.79. The van der Waals surface area contributed by atoms with Crippen molar-refractivity contribution in [1.82, 2.24) is 9.78 Å². The van der Waals surface area contributed by atoms with Crippen LogP contribution in [0.4, 0.5) is 11.4 Å². The smallest absolute Gasteiger partial charge is 0.267 e. The highest BCUT2D eigenvalue weighted by Gasteiger charge is 2.22. The maximum Gasteiger partial charge on any atom is 0.267 e. The molecule has 1 amide bonds. The van der Waals surface area contributed by atoms with Crippen LogP contribution in [-0.4, -0.2) is 28.8 Å². The summed E-state index contributed by atoms with van der Waals surface area (Å²) in [5.74, 6) is -0.235. The molecule has 1 aliphatic carbocycles. The molecule has 0 saturated heterocycles. The highest BCUT2D eigenvalue weighted by Crippen LogP contribution is 2.24. The molecule has 0 radical (unpaired) electrons. The van der Waals surface area contributed by atoms with Crippen molar-refractivity contribution in [2.24, 2.45) is 0 Å². The molecule has 0 saturated carbocycles. The predicted molar refractivity (Wildman–Crippen MR) is 109 cm³/mol. The Morgan fingerprint density at radius 3 is 2.67 bits per heavy atom. The minimum absolute atomic E-state index is 0.216. The summed E-state index contributed by atoms with van der Waals surface area (Å²) >= 11 is 0. The Morgan fingerprint density at radius 1 is 1.26 bits per heavy atom. The molecule has 0 spiro atoms. The molecule has 1 aliphatic rings. The van der Waals surface area contributed by atoms with Gasteiger partial charge in [0.1, 0.15) is 6.04 Å². The van der Waals surface area contributed by atoms with Crippen LogP contribution < -0.4 is 15.8 Å². The summed E-state index contributed by atoms with van der Waals surface area (Å²) < 4.78 is 1.30. The van der Waals surface area contributed by atoms with Crippen molar-refractivity contribution >= 4 is 17.3 Å². The van der Waals surface area contributed by atoms with Gasteiger partial charge in [0.15, 0.2) is 0 Å². The number of nitrogens with one attached hydrogen (secondary N) is 1. The number of fused-ring (bicyclic) bond motifs is 1. The number of nitrogens with zero attached hydrogens (tertiary/aromatic N) is 3. The fraction of sp³-hybridized carbons (Fsp3) is 0.476. The lowest BCUT2D eigenvalue weighted by molar-refractivity contribution is -0.119. The van der Waals surface area contributed by atoms with Crippen LogP contribution in [0, 0.1) is 6.92 Å². The Hall–Kier alpha value is -2.63. The normalized spacial score (nSPS) is 13.9. The van der Waals surface area contributed by atoms with Gasteiger partial charge < -0.3 is 10.2 Å². The average Bonchev–Trinajstić information content (AvgIpc) is 3.10. The van der Waals surface area contributed by atoms with Gasteiger partial charge in [0.25, 0.3) is 5.56 Å². The fourth-order valence-electron chi connectivity index (χ4n) is 3.61. The van der Waals surface area contributed by atoms with Crippen molar-refractivity contribution in [2.75, 3.05) is 23.3 Å². The highest BCUT2D eigenvalue weighted by atomic mass is 16.2. The van der Waals surface area contributed by atoms with Crippen molar-refractivity contribution < 1.29 is 4.79 Å². The topological polar surface area (TPSA) is 67.2 Å². The van der Waals surface area contributed by atoms with E-state index in [1.54, 1.807) is 13.0 Å². The number of hydrogen-bond acceptors (Lipinski definition) is 4. The van der Waals surface area contributed by atoms with Gasteiger partial charge in [-0.05, 0) is 76.3 Å². The van der Waals surface area contributed by atoms with E-state index in [4.69, 9.17) is 0 Å². The van der Waals surface area contributed by atoms with Crippen LogP contribution in [0.2, 0.25) is 0 Å². The van der Waals surface area contributed by atoms with Gasteiger partial charge in [0.05, 0.1) is 5.69 Å². The third-order valence-corrected chi connectivity index (χ3v) is 5.33. The molecule has 0 aliphatic heterocycles. The molecule has 6 heteroatoms. The van der Waals surface area contributed by atoms with E-state index >= 15 is 0 Å². The summed E-state index contributed by atoms with van der Waals surface area (Å²) in [5, 5.41) is 7.38. The quantitative estimate of drug-likeness (QED) is 0.851. The first-order valence-corrected chi connectivity index (χ1v) is 9.72. The molecule has 0 bridgehead atoms. The molecule has 2 aromatic rings. The summed E-state index contributed by atoms with van der Waals surface area (Å²) in [6, 6.07) is 6.98. The van der Waals surface area contributed by atoms with Gasteiger partial charge in [-0.25, -0.2) is 4.68 Å². The molecule has 27 heavy (non-hydrogen) atoms. The Bertz CT molecular complexity index is 900. The van der Waals surface area contributed by atoms with E-state index in [-0.39, 0.29) is 11.5 Å². The lowest BCUT2D eigenvalue weighted by atomic mass is 10.1. The van der Waals surface area contributed by atoms with Crippen LogP contribution >= 0.6 is 0 Å². The summed E-state index contributed by atoms with van der Waals surface area (Å²) in [7, 11) is 0.